The topological polar surface area (TPSA) is 50.8 Å². The van der Waals surface area contributed by atoms with Crippen LogP contribution < -0.4 is 14.8 Å². The molecule has 0 atom stereocenters. The van der Waals surface area contributed by atoms with Crippen LogP contribution in [0.2, 0.25) is 0 Å². The van der Waals surface area contributed by atoms with Crippen LogP contribution in [0.4, 0.5) is 5.69 Å². The van der Waals surface area contributed by atoms with Crippen LogP contribution in [0.15, 0.2) is 29.3 Å². The summed E-state index contributed by atoms with van der Waals surface area (Å²) in [7, 11) is 0. The fraction of sp³-hybridized carbons (Fsp3) is 0.438. The number of fused-ring (bicyclic) bond motifs is 1. The Morgan fingerprint density at radius 3 is 2.86 bits per heavy atom. The molecule has 0 aliphatic carbocycles. The summed E-state index contributed by atoms with van der Waals surface area (Å²) < 4.78 is 10.6. The molecule has 2 heterocycles. The second kappa shape index (κ2) is 5.77. The van der Waals surface area contributed by atoms with E-state index in [-0.39, 0.29) is 12.7 Å². The maximum absolute atomic E-state index is 12.1. The van der Waals surface area contributed by atoms with Gasteiger partial charge in [-0.2, -0.15) is 0 Å². The number of ether oxygens (including phenoxy) is 2. The molecule has 5 nitrogen and oxygen atoms in total. The molecule has 0 radical (unpaired) electrons. The van der Waals surface area contributed by atoms with E-state index in [1.54, 1.807) is 6.07 Å². The maximum Gasteiger partial charge on any atom is 0.238 e. The summed E-state index contributed by atoms with van der Waals surface area (Å²) in [5.74, 6) is 1.40. The molecule has 0 bridgehead atoms. The van der Waals surface area contributed by atoms with E-state index in [1.807, 2.05) is 12.1 Å². The molecule has 5 heteroatoms. The molecule has 3 rings (SSSR count). The Balaban J connectivity index is 1.57. The normalized spacial score (nSPS) is 18.0. The van der Waals surface area contributed by atoms with Crippen LogP contribution in [0.3, 0.4) is 0 Å². The molecule has 1 amide bonds. The third-order valence-corrected chi connectivity index (χ3v) is 4.02. The van der Waals surface area contributed by atoms with Gasteiger partial charge in [0.1, 0.15) is 0 Å². The standard InChI is InChI=1S/C16H20N2O3/c1-11-5-6-18(8-12(11)2)9-16(19)17-13-3-4-14-15(7-13)21-10-20-14/h3-4,7H,5-6,8-10H2,1-2H3,(H,17,19). The predicted molar refractivity (Wildman–Crippen MR) is 80.6 cm³/mol. The molecular formula is C16H20N2O3. The molecule has 1 aromatic rings. The van der Waals surface area contributed by atoms with E-state index in [0.717, 1.165) is 30.9 Å². The lowest BCUT2D eigenvalue weighted by molar-refractivity contribution is -0.117. The van der Waals surface area contributed by atoms with E-state index >= 15 is 0 Å². The predicted octanol–water partition coefficient (Wildman–Crippen LogP) is 2.40. The van der Waals surface area contributed by atoms with Gasteiger partial charge in [-0.15, -0.1) is 0 Å². The van der Waals surface area contributed by atoms with Gasteiger partial charge in [0.05, 0.1) is 6.54 Å². The molecule has 2 aliphatic heterocycles. The van der Waals surface area contributed by atoms with Crippen molar-refractivity contribution in [2.24, 2.45) is 0 Å². The first-order chi connectivity index (χ1) is 10.1. The SMILES string of the molecule is CC1=C(C)CN(CC(=O)Nc2ccc3c(c2)OCO3)CC1. The molecule has 0 fully saturated rings. The first-order valence-electron chi connectivity index (χ1n) is 7.19. The number of nitrogens with one attached hydrogen (secondary N) is 1. The molecule has 112 valence electrons. The molecule has 21 heavy (non-hydrogen) atoms. The van der Waals surface area contributed by atoms with Crippen molar-refractivity contribution in [3.8, 4) is 11.5 Å². The highest BCUT2D eigenvalue weighted by molar-refractivity contribution is 5.92. The molecule has 0 unspecified atom stereocenters. The minimum absolute atomic E-state index is 0.00113. The lowest BCUT2D eigenvalue weighted by Gasteiger charge is -2.27. The molecule has 0 aromatic heterocycles. The van der Waals surface area contributed by atoms with Crippen LogP contribution in [0, 0.1) is 0 Å². The number of rotatable bonds is 3. The van der Waals surface area contributed by atoms with E-state index in [9.17, 15) is 4.79 Å². The summed E-state index contributed by atoms with van der Waals surface area (Å²) in [5, 5.41) is 2.91. The molecule has 2 aliphatic rings. The third kappa shape index (κ3) is 3.19. The summed E-state index contributed by atoms with van der Waals surface area (Å²) in [5.41, 5.74) is 3.56. The van der Waals surface area contributed by atoms with Gasteiger partial charge in [-0.1, -0.05) is 11.1 Å². The monoisotopic (exact) mass is 288 g/mol. The van der Waals surface area contributed by atoms with Crippen LogP contribution in [-0.2, 0) is 4.79 Å². The number of nitrogens with zero attached hydrogens (tertiary/aromatic N) is 1. The Morgan fingerprint density at radius 2 is 2.05 bits per heavy atom. The number of hydrogen-bond donors (Lipinski definition) is 1. The van der Waals surface area contributed by atoms with Gasteiger partial charge in [0.2, 0.25) is 12.7 Å². The van der Waals surface area contributed by atoms with Gasteiger partial charge in [0.25, 0.3) is 0 Å². The zero-order chi connectivity index (χ0) is 14.8. The van der Waals surface area contributed by atoms with Gasteiger partial charge in [0.15, 0.2) is 11.5 Å². The first-order valence-corrected chi connectivity index (χ1v) is 7.19. The Hall–Kier alpha value is -2.01. The Kier molecular flexibility index (Phi) is 3.84. The molecular weight excluding hydrogens is 268 g/mol. The van der Waals surface area contributed by atoms with Gasteiger partial charge >= 0.3 is 0 Å². The van der Waals surface area contributed by atoms with Crippen molar-refractivity contribution in [3.05, 3.63) is 29.3 Å². The summed E-state index contributed by atoms with van der Waals surface area (Å²) in [6.45, 7) is 6.78. The van der Waals surface area contributed by atoms with Crippen molar-refractivity contribution >= 4 is 11.6 Å². The largest absolute Gasteiger partial charge is 0.454 e. The molecule has 0 saturated heterocycles. The Bertz CT molecular complexity index is 595. The third-order valence-electron chi connectivity index (χ3n) is 4.02. The minimum Gasteiger partial charge on any atom is -0.454 e. The van der Waals surface area contributed by atoms with Crippen molar-refractivity contribution in [2.45, 2.75) is 20.3 Å². The number of benzene rings is 1. The highest BCUT2D eigenvalue weighted by atomic mass is 16.7. The van der Waals surface area contributed by atoms with E-state index in [0.29, 0.717) is 12.3 Å². The van der Waals surface area contributed by atoms with Crippen molar-refractivity contribution in [1.82, 2.24) is 4.90 Å². The summed E-state index contributed by atoms with van der Waals surface area (Å²) in [4.78, 5) is 14.3. The van der Waals surface area contributed by atoms with Gasteiger partial charge in [-0.3, -0.25) is 9.69 Å². The second-order valence-electron chi connectivity index (χ2n) is 5.64. The summed E-state index contributed by atoms with van der Waals surface area (Å²) in [6.07, 6.45) is 1.04. The Labute approximate surface area is 124 Å². The fourth-order valence-corrected chi connectivity index (χ4v) is 2.60. The summed E-state index contributed by atoms with van der Waals surface area (Å²) >= 11 is 0. The number of hydrogen-bond acceptors (Lipinski definition) is 4. The van der Waals surface area contributed by atoms with Gasteiger partial charge in [0, 0.05) is 24.8 Å². The summed E-state index contributed by atoms with van der Waals surface area (Å²) in [6, 6.07) is 5.44. The van der Waals surface area contributed by atoms with Crippen LogP contribution >= 0.6 is 0 Å². The van der Waals surface area contributed by atoms with Gasteiger partial charge in [-0.05, 0) is 32.4 Å². The number of carbonyl (C=O) groups is 1. The van der Waals surface area contributed by atoms with Crippen molar-refractivity contribution in [1.29, 1.82) is 0 Å². The van der Waals surface area contributed by atoms with Crippen LogP contribution in [0.5, 0.6) is 11.5 Å². The minimum atomic E-state index is 0.00113. The van der Waals surface area contributed by atoms with Crippen LogP contribution in [0.1, 0.15) is 20.3 Å². The quantitative estimate of drug-likeness (QED) is 0.868. The fourth-order valence-electron chi connectivity index (χ4n) is 2.60. The lowest BCUT2D eigenvalue weighted by atomic mass is 10.0. The number of carbonyl (C=O) groups excluding carboxylic acids is 1. The molecule has 1 N–H and O–H groups in total. The van der Waals surface area contributed by atoms with E-state index in [4.69, 9.17) is 9.47 Å². The lowest BCUT2D eigenvalue weighted by Crippen LogP contribution is -2.37. The van der Waals surface area contributed by atoms with E-state index in [2.05, 4.69) is 24.1 Å². The first kappa shape index (κ1) is 13.9. The Morgan fingerprint density at radius 1 is 1.24 bits per heavy atom. The van der Waals surface area contributed by atoms with Crippen molar-refractivity contribution in [2.75, 3.05) is 31.7 Å². The van der Waals surface area contributed by atoms with Crippen LogP contribution in [-0.4, -0.2) is 37.2 Å². The van der Waals surface area contributed by atoms with E-state index < -0.39 is 0 Å². The number of amides is 1. The highest BCUT2D eigenvalue weighted by Gasteiger charge is 2.18. The highest BCUT2D eigenvalue weighted by Crippen LogP contribution is 2.34. The second-order valence-corrected chi connectivity index (χ2v) is 5.64. The van der Waals surface area contributed by atoms with Gasteiger partial charge < -0.3 is 14.8 Å². The molecule has 0 saturated carbocycles. The van der Waals surface area contributed by atoms with Crippen molar-refractivity contribution < 1.29 is 14.3 Å². The number of anilines is 1. The average Bonchev–Trinajstić information content (AvgIpc) is 2.90. The van der Waals surface area contributed by atoms with Crippen molar-refractivity contribution in [3.63, 3.8) is 0 Å². The molecule has 1 aromatic carbocycles. The van der Waals surface area contributed by atoms with Crippen LogP contribution in [0.25, 0.3) is 0 Å². The average molecular weight is 288 g/mol. The zero-order valence-corrected chi connectivity index (χ0v) is 12.4. The zero-order valence-electron chi connectivity index (χ0n) is 12.4. The van der Waals surface area contributed by atoms with Gasteiger partial charge in [-0.25, -0.2) is 0 Å². The maximum atomic E-state index is 12.1. The smallest absolute Gasteiger partial charge is 0.238 e. The molecule has 0 spiro atoms. The van der Waals surface area contributed by atoms with E-state index in [1.165, 1.54) is 11.1 Å².